The third-order valence-corrected chi connectivity index (χ3v) is 6.18. The minimum absolute atomic E-state index is 0.0878. The molecule has 0 saturated carbocycles. The molecule has 0 spiro atoms. The van der Waals surface area contributed by atoms with Crippen molar-refractivity contribution >= 4 is 22.7 Å². The molecule has 4 rings (SSSR count). The summed E-state index contributed by atoms with van der Waals surface area (Å²) in [5, 5.41) is 1.01. The zero-order valence-electron chi connectivity index (χ0n) is 19.1. The smallest absolute Gasteiger partial charge is 0.248 e. The number of H-pyrrole nitrogens is 1. The van der Waals surface area contributed by atoms with E-state index in [1.807, 2.05) is 24.3 Å². The van der Waals surface area contributed by atoms with E-state index in [0.29, 0.717) is 6.61 Å². The number of allylic oxidation sites excluding steroid dienone is 1. The van der Waals surface area contributed by atoms with Gasteiger partial charge in [-0.1, -0.05) is 24.3 Å². The first-order valence-corrected chi connectivity index (χ1v) is 11.6. The first-order valence-electron chi connectivity index (χ1n) is 11.6. The molecule has 5 nitrogen and oxygen atoms in total. The maximum Gasteiger partial charge on any atom is 0.248 e. The Morgan fingerprint density at radius 2 is 1.84 bits per heavy atom. The van der Waals surface area contributed by atoms with E-state index in [1.165, 1.54) is 16.8 Å². The Balaban J connectivity index is 1.20. The van der Waals surface area contributed by atoms with Crippen molar-refractivity contribution in [3.8, 4) is 5.75 Å². The molecule has 1 fully saturated rings. The summed E-state index contributed by atoms with van der Waals surface area (Å²) in [5.41, 5.74) is 4.77. The van der Waals surface area contributed by atoms with E-state index in [1.54, 1.807) is 6.07 Å². The normalized spacial score (nSPS) is 15.0. The number of ether oxygens (including phenoxy) is 1. The number of pyridine rings is 1. The van der Waals surface area contributed by atoms with Gasteiger partial charge < -0.3 is 14.6 Å². The van der Waals surface area contributed by atoms with Crippen molar-refractivity contribution in [1.29, 1.82) is 0 Å². The maximum atomic E-state index is 11.5. The van der Waals surface area contributed by atoms with Crippen LogP contribution in [0.2, 0.25) is 0 Å². The van der Waals surface area contributed by atoms with Crippen LogP contribution in [-0.2, 0) is 0 Å². The van der Waals surface area contributed by atoms with Crippen molar-refractivity contribution in [3.63, 3.8) is 0 Å². The SMILES string of the molecule is C/C=C\c1c(C)cccc1N1CCN(CCCCOc2ccc3ccc(=O)[nH]c3c2)CC1. The maximum absolute atomic E-state index is 11.5. The van der Waals surface area contributed by atoms with Crippen LogP contribution in [0.1, 0.15) is 30.9 Å². The third kappa shape index (κ3) is 5.40. The van der Waals surface area contributed by atoms with E-state index in [2.05, 4.69) is 59.0 Å². The first-order chi connectivity index (χ1) is 15.6. The van der Waals surface area contributed by atoms with Crippen molar-refractivity contribution in [2.75, 3.05) is 44.2 Å². The van der Waals surface area contributed by atoms with Gasteiger partial charge in [0.25, 0.3) is 0 Å². The van der Waals surface area contributed by atoms with Crippen molar-refractivity contribution in [2.24, 2.45) is 0 Å². The Bertz CT molecular complexity index is 1130. The molecule has 1 saturated heterocycles. The number of unbranched alkanes of at least 4 members (excludes halogenated alkanes) is 1. The summed E-state index contributed by atoms with van der Waals surface area (Å²) in [7, 11) is 0. The van der Waals surface area contributed by atoms with Crippen LogP contribution in [0.15, 0.2) is 59.4 Å². The lowest BCUT2D eigenvalue weighted by Crippen LogP contribution is -2.46. The Morgan fingerprint density at radius 1 is 1.03 bits per heavy atom. The molecule has 0 atom stereocenters. The number of nitrogens with zero attached hydrogens (tertiary/aromatic N) is 2. The van der Waals surface area contributed by atoms with Gasteiger partial charge in [0, 0.05) is 49.6 Å². The van der Waals surface area contributed by atoms with Crippen LogP contribution >= 0.6 is 0 Å². The lowest BCUT2D eigenvalue weighted by molar-refractivity contribution is 0.238. The topological polar surface area (TPSA) is 48.6 Å². The molecule has 0 aliphatic carbocycles. The van der Waals surface area contributed by atoms with E-state index in [0.717, 1.165) is 62.2 Å². The number of aromatic amines is 1. The molecule has 2 heterocycles. The lowest BCUT2D eigenvalue weighted by atomic mass is 10.0. The van der Waals surface area contributed by atoms with E-state index < -0.39 is 0 Å². The predicted molar refractivity (Wildman–Crippen MR) is 134 cm³/mol. The fourth-order valence-corrected chi connectivity index (χ4v) is 4.38. The van der Waals surface area contributed by atoms with Gasteiger partial charge in [0.15, 0.2) is 0 Å². The number of benzene rings is 2. The van der Waals surface area contributed by atoms with Gasteiger partial charge in [-0.25, -0.2) is 0 Å². The van der Waals surface area contributed by atoms with Crippen LogP contribution in [-0.4, -0.2) is 49.2 Å². The summed E-state index contributed by atoms with van der Waals surface area (Å²) in [5.74, 6) is 0.808. The molecule has 0 bridgehead atoms. The molecule has 168 valence electrons. The molecule has 1 aliphatic rings. The summed E-state index contributed by atoms with van der Waals surface area (Å²) in [6, 6.07) is 15.8. The summed E-state index contributed by atoms with van der Waals surface area (Å²) >= 11 is 0. The summed E-state index contributed by atoms with van der Waals surface area (Å²) in [6.07, 6.45) is 6.50. The molecule has 3 aromatic rings. The van der Waals surface area contributed by atoms with Gasteiger partial charge in [-0.05, 0) is 68.4 Å². The minimum atomic E-state index is -0.0878. The molecule has 1 aromatic heterocycles. The van der Waals surface area contributed by atoms with E-state index in [9.17, 15) is 4.79 Å². The van der Waals surface area contributed by atoms with Crippen molar-refractivity contribution < 1.29 is 4.74 Å². The van der Waals surface area contributed by atoms with Gasteiger partial charge in [-0.2, -0.15) is 0 Å². The number of rotatable bonds is 8. The highest BCUT2D eigenvalue weighted by Crippen LogP contribution is 2.26. The monoisotopic (exact) mass is 431 g/mol. The van der Waals surface area contributed by atoms with Crippen LogP contribution in [0.5, 0.6) is 5.75 Å². The zero-order valence-corrected chi connectivity index (χ0v) is 19.1. The highest BCUT2D eigenvalue weighted by atomic mass is 16.5. The van der Waals surface area contributed by atoms with Gasteiger partial charge in [0.05, 0.1) is 12.1 Å². The lowest BCUT2D eigenvalue weighted by Gasteiger charge is -2.37. The quantitative estimate of drug-likeness (QED) is 0.518. The molecule has 0 amide bonds. The van der Waals surface area contributed by atoms with E-state index in [4.69, 9.17) is 4.74 Å². The summed E-state index contributed by atoms with van der Waals surface area (Å²) < 4.78 is 5.91. The van der Waals surface area contributed by atoms with Gasteiger partial charge in [0.1, 0.15) is 5.75 Å². The number of anilines is 1. The number of nitrogens with one attached hydrogen (secondary N) is 1. The third-order valence-electron chi connectivity index (χ3n) is 6.18. The van der Waals surface area contributed by atoms with Crippen molar-refractivity contribution in [3.05, 3.63) is 76.1 Å². The molecule has 5 heteroatoms. The van der Waals surface area contributed by atoms with Gasteiger partial charge in [-0.15, -0.1) is 0 Å². The number of fused-ring (bicyclic) bond motifs is 1. The molecular formula is C27H33N3O2. The van der Waals surface area contributed by atoms with Crippen molar-refractivity contribution in [2.45, 2.75) is 26.7 Å². The van der Waals surface area contributed by atoms with Crippen LogP contribution in [0.25, 0.3) is 17.0 Å². The highest BCUT2D eigenvalue weighted by Gasteiger charge is 2.18. The highest BCUT2D eigenvalue weighted by molar-refractivity contribution is 5.79. The molecule has 0 radical (unpaired) electrons. The largest absolute Gasteiger partial charge is 0.494 e. The van der Waals surface area contributed by atoms with Gasteiger partial charge in [0.2, 0.25) is 5.56 Å². The fraction of sp³-hybridized carbons (Fsp3) is 0.370. The second-order valence-electron chi connectivity index (χ2n) is 8.46. The molecular weight excluding hydrogens is 398 g/mol. The van der Waals surface area contributed by atoms with Gasteiger partial charge >= 0.3 is 0 Å². The Labute approximate surface area is 190 Å². The second kappa shape index (κ2) is 10.5. The molecule has 2 aromatic carbocycles. The fourth-order valence-electron chi connectivity index (χ4n) is 4.38. The zero-order chi connectivity index (χ0) is 22.3. The average Bonchev–Trinajstić information content (AvgIpc) is 2.80. The Morgan fingerprint density at radius 3 is 2.66 bits per heavy atom. The Hall–Kier alpha value is -3.05. The second-order valence-corrected chi connectivity index (χ2v) is 8.46. The van der Waals surface area contributed by atoms with Crippen LogP contribution in [0.4, 0.5) is 5.69 Å². The Kier molecular flexibility index (Phi) is 7.28. The number of piperazine rings is 1. The summed E-state index contributed by atoms with van der Waals surface area (Å²) in [4.78, 5) is 19.4. The van der Waals surface area contributed by atoms with Crippen LogP contribution in [0.3, 0.4) is 0 Å². The number of hydrogen-bond donors (Lipinski definition) is 1. The average molecular weight is 432 g/mol. The number of aromatic nitrogens is 1. The first kappa shape index (κ1) is 22.2. The predicted octanol–water partition coefficient (Wildman–Crippen LogP) is 4.85. The number of hydrogen-bond acceptors (Lipinski definition) is 4. The van der Waals surface area contributed by atoms with Crippen molar-refractivity contribution in [1.82, 2.24) is 9.88 Å². The molecule has 32 heavy (non-hydrogen) atoms. The van der Waals surface area contributed by atoms with E-state index in [-0.39, 0.29) is 5.56 Å². The van der Waals surface area contributed by atoms with Crippen LogP contribution < -0.4 is 15.2 Å². The molecule has 1 N–H and O–H groups in total. The van der Waals surface area contributed by atoms with Crippen LogP contribution in [0, 0.1) is 6.92 Å². The molecule has 0 unspecified atom stereocenters. The summed E-state index contributed by atoms with van der Waals surface area (Å²) in [6.45, 7) is 10.4. The van der Waals surface area contributed by atoms with E-state index >= 15 is 0 Å². The number of aryl methyl sites for hydroxylation is 1. The standard InChI is InChI=1S/C27H33N3O2/c1-3-7-24-21(2)8-6-9-26(24)30-17-15-29(16-18-30)14-4-5-19-32-23-12-10-22-11-13-27(31)28-25(22)20-23/h3,6-13,20H,4-5,14-19H2,1-2H3,(H,28,31)/b7-3-. The van der Waals surface area contributed by atoms with Gasteiger partial charge in [-0.3, -0.25) is 9.69 Å². The molecule has 1 aliphatic heterocycles. The minimum Gasteiger partial charge on any atom is -0.494 e.